The first kappa shape index (κ1) is 19.2. The number of hydrogen-bond acceptors (Lipinski definition) is 5. The van der Waals surface area contributed by atoms with Crippen LogP contribution < -0.4 is 5.32 Å². The molecule has 2 heterocycles. The molecule has 1 aromatic heterocycles. The second-order valence-electron chi connectivity index (χ2n) is 7.08. The van der Waals surface area contributed by atoms with E-state index in [0.29, 0.717) is 17.6 Å². The van der Waals surface area contributed by atoms with Crippen LogP contribution in [0.4, 0.5) is 0 Å². The van der Waals surface area contributed by atoms with Gasteiger partial charge in [-0.05, 0) is 44.0 Å². The lowest BCUT2D eigenvalue weighted by molar-refractivity contribution is -0.136. The summed E-state index contributed by atoms with van der Waals surface area (Å²) in [6, 6.07) is 13.7. The minimum absolute atomic E-state index is 0.1000. The Labute approximate surface area is 174 Å². The van der Waals surface area contributed by atoms with Crippen molar-refractivity contribution in [2.45, 2.75) is 32.1 Å². The van der Waals surface area contributed by atoms with E-state index in [0.717, 1.165) is 39.6 Å². The first-order valence-corrected chi connectivity index (χ1v) is 10.4. The monoisotopic (exact) mass is 403 g/mol. The summed E-state index contributed by atoms with van der Waals surface area (Å²) >= 11 is 1.52. The van der Waals surface area contributed by atoms with Crippen LogP contribution in [0.1, 0.15) is 47.4 Å². The number of Topliss-reactive ketones (excluding diaryl/α,β-unsaturated/α-hetero) is 1. The van der Waals surface area contributed by atoms with Crippen LogP contribution in [0.15, 0.2) is 65.0 Å². The van der Waals surface area contributed by atoms with Crippen molar-refractivity contribution >= 4 is 23.1 Å². The first-order chi connectivity index (χ1) is 14.1. The summed E-state index contributed by atoms with van der Waals surface area (Å²) in [6.07, 6.45) is 2.16. The van der Waals surface area contributed by atoms with Crippen LogP contribution in [0.2, 0.25) is 0 Å². The maximum atomic E-state index is 12.8. The van der Waals surface area contributed by atoms with E-state index < -0.39 is 11.9 Å². The van der Waals surface area contributed by atoms with Gasteiger partial charge in [-0.3, -0.25) is 4.79 Å². The standard InChI is InChI=1S/C24H21NO3S/c1-15-21(24(27)28-2)23(22-18(25-15)9-6-10-19(22)26)20-14-13-17(29-20)12-11-16-7-4-3-5-8-16/h3-5,7-8,13-14,23,25H,6,9-10H2,1-2H3/t23-/m0/s1. The molecule has 4 nitrogen and oxygen atoms in total. The molecular formula is C24H21NO3S. The number of nitrogens with one attached hydrogen (secondary N) is 1. The molecule has 2 aliphatic rings. The Morgan fingerprint density at radius 2 is 1.93 bits per heavy atom. The fourth-order valence-corrected chi connectivity index (χ4v) is 4.86. The topological polar surface area (TPSA) is 55.4 Å². The molecule has 0 amide bonds. The van der Waals surface area contributed by atoms with E-state index >= 15 is 0 Å². The molecule has 0 bridgehead atoms. The molecule has 0 saturated heterocycles. The third-order valence-corrected chi connectivity index (χ3v) is 6.26. The van der Waals surface area contributed by atoms with Crippen LogP contribution in [0.5, 0.6) is 0 Å². The van der Waals surface area contributed by atoms with Crippen molar-refractivity contribution < 1.29 is 14.3 Å². The molecular weight excluding hydrogens is 382 g/mol. The summed E-state index contributed by atoms with van der Waals surface area (Å²) < 4.78 is 5.04. The largest absolute Gasteiger partial charge is 0.466 e. The van der Waals surface area contributed by atoms with Crippen LogP contribution >= 0.6 is 11.3 Å². The van der Waals surface area contributed by atoms with Gasteiger partial charge in [0.15, 0.2) is 5.78 Å². The Kier molecular flexibility index (Phi) is 5.37. The maximum Gasteiger partial charge on any atom is 0.336 e. The molecule has 0 unspecified atom stereocenters. The average molecular weight is 404 g/mol. The minimum atomic E-state index is -0.407. The van der Waals surface area contributed by atoms with Crippen LogP contribution in [0.25, 0.3) is 0 Å². The molecule has 146 valence electrons. The van der Waals surface area contributed by atoms with Gasteiger partial charge in [0.2, 0.25) is 0 Å². The Hall–Kier alpha value is -3.10. The van der Waals surface area contributed by atoms with Crippen molar-refractivity contribution in [1.82, 2.24) is 5.32 Å². The number of thiophene rings is 1. The van der Waals surface area contributed by atoms with E-state index in [-0.39, 0.29) is 5.78 Å². The van der Waals surface area contributed by atoms with E-state index in [1.54, 1.807) is 0 Å². The SMILES string of the molecule is COC(=O)C1=C(C)NC2=C(C(=O)CCC2)[C@H]1c1ccc(C#Cc2ccccc2)s1. The fraction of sp³-hybridized carbons (Fsp3) is 0.250. The number of carbonyl (C=O) groups excluding carboxylic acids is 2. The minimum Gasteiger partial charge on any atom is -0.466 e. The molecule has 0 saturated carbocycles. The molecule has 0 spiro atoms. The lowest BCUT2D eigenvalue weighted by atomic mass is 9.78. The molecule has 1 aromatic carbocycles. The summed E-state index contributed by atoms with van der Waals surface area (Å²) in [7, 11) is 1.37. The molecule has 1 aliphatic carbocycles. The molecule has 1 aliphatic heterocycles. The highest BCUT2D eigenvalue weighted by atomic mass is 32.1. The highest BCUT2D eigenvalue weighted by Crippen LogP contribution is 2.44. The maximum absolute atomic E-state index is 12.8. The zero-order valence-corrected chi connectivity index (χ0v) is 17.2. The molecule has 0 radical (unpaired) electrons. The highest BCUT2D eigenvalue weighted by Gasteiger charge is 2.39. The molecule has 0 fully saturated rings. The normalized spacial score (nSPS) is 18.6. The van der Waals surface area contributed by atoms with Gasteiger partial charge in [-0.15, -0.1) is 11.3 Å². The number of allylic oxidation sites excluding steroid dienone is 3. The van der Waals surface area contributed by atoms with Gasteiger partial charge in [0.25, 0.3) is 0 Å². The first-order valence-electron chi connectivity index (χ1n) is 9.57. The summed E-state index contributed by atoms with van der Waals surface area (Å²) in [5.74, 6) is 5.65. The smallest absolute Gasteiger partial charge is 0.336 e. The number of benzene rings is 1. The van der Waals surface area contributed by atoms with Gasteiger partial charge in [-0.2, -0.15) is 0 Å². The van der Waals surface area contributed by atoms with Crippen LogP contribution in [0, 0.1) is 11.8 Å². The number of hydrogen-bond donors (Lipinski definition) is 1. The Morgan fingerprint density at radius 1 is 1.14 bits per heavy atom. The zero-order chi connectivity index (χ0) is 20.4. The zero-order valence-electron chi connectivity index (χ0n) is 16.4. The third-order valence-electron chi connectivity index (χ3n) is 5.20. The van der Waals surface area contributed by atoms with Gasteiger partial charge in [-0.1, -0.05) is 30.0 Å². The quantitative estimate of drug-likeness (QED) is 0.600. The molecule has 1 atom stereocenters. The average Bonchev–Trinajstić information content (AvgIpc) is 3.20. The van der Waals surface area contributed by atoms with E-state index in [9.17, 15) is 9.59 Å². The van der Waals surface area contributed by atoms with E-state index in [1.807, 2.05) is 49.4 Å². The van der Waals surface area contributed by atoms with Crippen molar-refractivity contribution in [1.29, 1.82) is 0 Å². The number of ketones is 1. The predicted molar refractivity (Wildman–Crippen MR) is 113 cm³/mol. The van der Waals surface area contributed by atoms with Gasteiger partial charge in [0, 0.05) is 33.8 Å². The number of ether oxygens (including phenoxy) is 1. The number of esters is 1. The molecule has 1 N–H and O–H groups in total. The van der Waals surface area contributed by atoms with E-state index in [4.69, 9.17) is 4.74 Å². The number of dihydropyridines is 1. The highest BCUT2D eigenvalue weighted by molar-refractivity contribution is 7.12. The van der Waals surface area contributed by atoms with Gasteiger partial charge in [-0.25, -0.2) is 4.79 Å². The molecule has 2 aromatic rings. The van der Waals surface area contributed by atoms with Gasteiger partial charge < -0.3 is 10.1 Å². The number of carbonyl (C=O) groups is 2. The summed E-state index contributed by atoms with van der Waals surface area (Å²) in [5, 5.41) is 3.28. The Balaban J connectivity index is 1.76. The lowest BCUT2D eigenvalue weighted by Gasteiger charge is -2.33. The number of methoxy groups -OCH3 is 1. The summed E-state index contributed by atoms with van der Waals surface area (Å²) in [5.41, 5.74) is 3.84. The molecule has 4 rings (SSSR count). The second-order valence-corrected chi connectivity index (χ2v) is 8.19. The van der Waals surface area contributed by atoms with Crippen molar-refractivity contribution in [3.63, 3.8) is 0 Å². The number of rotatable bonds is 2. The van der Waals surface area contributed by atoms with Crippen LogP contribution in [-0.4, -0.2) is 18.9 Å². The Morgan fingerprint density at radius 3 is 2.69 bits per heavy atom. The summed E-state index contributed by atoms with van der Waals surface area (Å²) in [6.45, 7) is 1.87. The van der Waals surface area contributed by atoms with Crippen molar-refractivity contribution in [3.8, 4) is 11.8 Å². The van der Waals surface area contributed by atoms with Crippen molar-refractivity contribution in [2.75, 3.05) is 7.11 Å². The Bertz CT molecular complexity index is 1100. The fourth-order valence-electron chi connectivity index (χ4n) is 3.88. The predicted octanol–water partition coefficient (Wildman–Crippen LogP) is 4.29. The van der Waals surface area contributed by atoms with E-state index in [1.165, 1.54) is 18.4 Å². The van der Waals surface area contributed by atoms with E-state index in [2.05, 4.69) is 17.2 Å². The van der Waals surface area contributed by atoms with Crippen LogP contribution in [0.3, 0.4) is 0 Å². The van der Waals surface area contributed by atoms with Crippen molar-refractivity contribution in [3.05, 3.63) is 80.3 Å². The van der Waals surface area contributed by atoms with Gasteiger partial charge in [0.05, 0.1) is 23.5 Å². The molecule has 5 heteroatoms. The van der Waals surface area contributed by atoms with Gasteiger partial charge >= 0.3 is 5.97 Å². The lowest BCUT2D eigenvalue weighted by Crippen LogP contribution is -2.33. The third kappa shape index (κ3) is 3.76. The second kappa shape index (κ2) is 8.10. The van der Waals surface area contributed by atoms with Crippen molar-refractivity contribution in [2.24, 2.45) is 0 Å². The molecule has 29 heavy (non-hydrogen) atoms. The van der Waals surface area contributed by atoms with Gasteiger partial charge in [0.1, 0.15) is 0 Å². The van der Waals surface area contributed by atoms with Crippen LogP contribution in [-0.2, 0) is 14.3 Å². The summed E-state index contributed by atoms with van der Waals surface area (Å²) in [4.78, 5) is 27.2.